The first-order chi connectivity index (χ1) is 14.1. The Hall–Kier alpha value is -3.38. The number of carboxylic acid groups (broad SMARTS) is 1. The van der Waals surface area contributed by atoms with Crippen LogP contribution in [0.2, 0.25) is 0 Å². The standard InChI is InChI=1S/C23H18N2O3S/c1-2-25-21(26)20(14-17-8-5-7-15-6-3-4-9-19(15)17)29-23(25)24-18-12-10-16(11-13-18)22(27)28/h3-14H,2H2,1H3,(H,27,28)/b20-14-,24-23?. The van der Waals surface area contributed by atoms with E-state index in [0.29, 0.717) is 22.3 Å². The number of carbonyl (C=O) groups excluding carboxylic acids is 1. The third-order valence-electron chi connectivity index (χ3n) is 4.65. The van der Waals surface area contributed by atoms with Gasteiger partial charge < -0.3 is 5.11 Å². The third kappa shape index (κ3) is 3.79. The van der Waals surface area contributed by atoms with E-state index in [1.807, 2.05) is 55.5 Å². The fourth-order valence-electron chi connectivity index (χ4n) is 3.18. The second-order valence-electron chi connectivity index (χ2n) is 6.47. The van der Waals surface area contributed by atoms with Crippen molar-refractivity contribution in [1.82, 2.24) is 4.90 Å². The van der Waals surface area contributed by atoms with Crippen molar-refractivity contribution >= 4 is 51.3 Å². The summed E-state index contributed by atoms with van der Waals surface area (Å²) in [5.41, 5.74) is 1.80. The molecule has 0 aromatic heterocycles. The summed E-state index contributed by atoms with van der Waals surface area (Å²) in [6.07, 6.45) is 1.91. The summed E-state index contributed by atoms with van der Waals surface area (Å²) in [7, 11) is 0. The predicted molar refractivity (Wildman–Crippen MR) is 117 cm³/mol. The van der Waals surface area contributed by atoms with Crippen LogP contribution in [0.5, 0.6) is 0 Å². The third-order valence-corrected chi connectivity index (χ3v) is 5.66. The summed E-state index contributed by atoms with van der Waals surface area (Å²) in [6.45, 7) is 2.41. The Morgan fingerprint density at radius 1 is 1.07 bits per heavy atom. The lowest BCUT2D eigenvalue weighted by atomic mass is 10.0. The highest BCUT2D eigenvalue weighted by Crippen LogP contribution is 2.35. The van der Waals surface area contributed by atoms with Crippen molar-refractivity contribution < 1.29 is 14.7 Å². The molecule has 1 heterocycles. The van der Waals surface area contributed by atoms with Gasteiger partial charge in [0.15, 0.2) is 5.17 Å². The molecular formula is C23H18N2O3S. The second-order valence-corrected chi connectivity index (χ2v) is 7.48. The van der Waals surface area contributed by atoms with Gasteiger partial charge in [0, 0.05) is 6.54 Å². The lowest BCUT2D eigenvalue weighted by Crippen LogP contribution is -2.28. The number of nitrogens with zero attached hydrogens (tertiary/aromatic N) is 2. The molecule has 0 aliphatic carbocycles. The Bertz CT molecular complexity index is 1160. The van der Waals surface area contributed by atoms with Crippen LogP contribution >= 0.6 is 11.8 Å². The number of benzene rings is 3. The van der Waals surface area contributed by atoms with Gasteiger partial charge in [0.05, 0.1) is 16.2 Å². The smallest absolute Gasteiger partial charge is 0.335 e. The number of thioether (sulfide) groups is 1. The van der Waals surface area contributed by atoms with Gasteiger partial charge in [-0.25, -0.2) is 9.79 Å². The van der Waals surface area contributed by atoms with Crippen molar-refractivity contribution in [3.8, 4) is 0 Å². The molecule has 4 rings (SSSR count). The van der Waals surface area contributed by atoms with E-state index in [4.69, 9.17) is 5.11 Å². The molecule has 1 aliphatic heterocycles. The Morgan fingerprint density at radius 2 is 1.79 bits per heavy atom. The zero-order chi connectivity index (χ0) is 20.4. The number of aliphatic imine (C=N–C) groups is 1. The molecule has 3 aromatic carbocycles. The molecule has 1 fully saturated rings. The van der Waals surface area contributed by atoms with E-state index in [2.05, 4.69) is 4.99 Å². The first kappa shape index (κ1) is 19.0. The minimum atomic E-state index is -0.981. The van der Waals surface area contributed by atoms with Gasteiger partial charge >= 0.3 is 5.97 Å². The number of carbonyl (C=O) groups is 2. The average Bonchev–Trinajstić information content (AvgIpc) is 3.02. The van der Waals surface area contributed by atoms with Crippen LogP contribution in [0.3, 0.4) is 0 Å². The van der Waals surface area contributed by atoms with E-state index in [9.17, 15) is 9.59 Å². The monoisotopic (exact) mass is 402 g/mol. The van der Waals surface area contributed by atoms with Crippen LogP contribution in [0.25, 0.3) is 16.8 Å². The van der Waals surface area contributed by atoms with Crippen LogP contribution in [-0.4, -0.2) is 33.6 Å². The van der Waals surface area contributed by atoms with Gasteiger partial charge in [0.2, 0.25) is 0 Å². The maximum Gasteiger partial charge on any atom is 0.335 e. The van der Waals surface area contributed by atoms with Gasteiger partial charge in [-0.1, -0.05) is 42.5 Å². The van der Waals surface area contributed by atoms with Crippen LogP contribution < -0.4 is 0 Å². The number of rotatable bonds is 4. The first-order valence-corrected chi connectivity index (χ1v) is 9.99. The zero-order valence-corrected chi connectivity index (χ0v) is 16.5. The molecule has 0 atom stereocenters. The van der Waals surface area contributed by atoms with E-state index in [1.165, 1.54) is 23.9 Å². The maximum absolute atomic E-state index is 12.9. The number of amidine groups is 1. The molecule has 0 bridgehead atoms. The topological polar surface area (TPSA) is 70.0 Å². The van der Waals surface area contributed by atoms with E-state index < -0.39 is 5.97 Å². The minimum Gasteiger partial charge on any atom is -0.478 e. The van der Waals surface area contributed by atoms with E-state index in [1.54, 1.807) is 17.0 Å². The van der Waals surface area contributed by atoms with Gasteiger partial charge in [-0.3, -0.25) is 9.69 Å². The van der Waals surface area contributed by atoms with Gasteiger partial charge in [-0.2, -0.15) is 0 Å². The highest BCUT2D eigenvalue weighted by atomic mass is 32.2. The van der Waals surface area contributed by atoms with Crippen molar-refractivity contribution in [3.05, 3.63) is 82.8 Å². The zero-order valence-electron chi connectivity index (χ0n) is 15.7. The molecule has 6 heteroatoms. The molecule has 5 nitrogen and oxygen atoms in total. The quantitative estimate of drug-likeness (QED) is 0.612. The largest absolute Gasteiger partial charge is 0.478 e. The average molecular weight is 402 g/mol. The molecule has 1 amide bonds. The van der Waals surface area contributed by atoms with Crippen molar-refractivity contribution in [1.29, 1.82) is 0 Å². The molecule has 1 N–H and O–H groups in total. The Kier molecular flexibility index (Phi) is 5.18. The van der Waals surface area contributed by atoms with Gasteiger partial charge in [0.1, 0.15) is 0 Å². The summed E-state index contributed by atoms with van der Waals surface area (Å²) in [6, 6.07) is 20.4. The fraction of sp³-hybridized carbons (Fsp3) is 0.0870. The number of hydrogen-bond donors (Lipinski definition) is 1. The van der Waals surface area contributed by atoms with Crippen LogP contribution in [0.4, 0.5) is 5.69 Å². The number of aromatic carboxylic acids is 1. The highest BCUT2D eigenvalue weighted by molar-refractivity contribution is 8.18. The Labute approximate surface area is 172 Å². The summed E-state index contributed by atoms with van der Waals surface area (Å²) in [4.78, 5) is 30.7. The van der Waals surface area contributed by atoms with E-state index in [-0.39, 0.29) is 11.5 Å². The maximum atomic E-state index is 12.9. The van der Waals surface area contributed by atoms with Crippen LogP contribution in [0.15, 0.2) is 76.6 Å². The molecule has 0 unspecified atom stereocenters. The number of fused-ring (bicyclic) bond motifs is 1. The predicted octanol–water partition coefficient (Wildman–Crippen LogP) is 5.16. The Balaban J connectivity index is 1.69. The lowest BCUT2D eigenvalue weighted by molar-refractivity contribution is -0.122. The molecule has 3 aromatic rings. The number of likely N-dealkylation sites (N-methyl/N-ethyl adjacent to an activating group) is 1. The summed E-state index contributed by atoms with van der Waals surface area (Å²) < 4.78 is 0. The van der Waals surface area contributed by atoms with Crippen LogP contribution in [-0.2, 0) is 4.79 Å². The minimum absolute atomic E-state index is 0.0775. The second kappa shape index (κ2) is 7.93. The summed E-state index contributed by atoms with van der Waals surface area (Å²) in [5, 5.41) is 11.8. The van der Waals surface area contributed by atoms with Gasteiger partial charge in [-0.15, -0.1) is 0 Å². The number of amides is 1. The normalized spacial score (nSPS) is 16.9. The molecule has 0 spiro atoms. The molecular weight excluding hydrogens is 384 g/mol. The van der Waals surface area contributed by atoms with Gasteiger partial charge in [-0.05, 0) is 65.4 Å². The van der Waals surface area contributed by atoms with Crippen LogP contribution in [0, 0.1) is 0 Å². The van der Waals surface area contributed by atoms with Crippen LogP contribution in [0.1, 0.15) is 22.8 Å². The lowest BCUT2D eigenvalue weighted by Gasteiger charge is -2.12. The van der Waals surface area contributed by atoms with Crippen molar-refractivity contribution in [3.63, 3.8) is 0 Å². The molecule has 144 valence electrons. The summed E-state index contributed by atoms with van der Waals surface area (Å²) in [5.74, 6) is -1.06. The molecule has 0 radical (unpaired) electrons. The Morgan fingerprint density at radius 3 is 2.52 bits per heavy atom. The van der Waals surface area contributed by atoms with Gasteiger partial charge in [0.25, 0.3) is 5.91 Å². The molecule has 1 saturated heterocycles. The number of hydrogen-bond acceptors (Lipinski definition) is 4. The summed E-state index contributed by atoms with van der Waals surface area (Å²) >= 11 is 1.33. The highest BCUT2D eigenvalue weighted by Gasteiger charge is 2.32. The first-order valence-electron chi connectivity index (χ1n) is 9.18. The van der Waals surface area contributed by atoms with Crippen molar-refractivity contribution in [2.24, 2.45) is 4.99 Å². The van der Waals surface area contributed by atoms with Crippen molar-refractivity contribution in [2.75, 3.05) is 6.54 Å². The van der Waals surface area contributed by atoms with E-state index >= 15 is 0 Å². The number of carboxylic acids is 1. The van der Waals surface area contributed by atoms with E-state index in [0.717, 1.165) is 16.3 Å². The molecule has 0 saturated carbocycles. The fourth-order valence-corrected chi connectivity index (χ4v) is 4.23. The SMILES string of the molecule is CCN1C(=O)/C(=C/c2cccc3ccccc23)SC1=Nc1ccc(C(=O)O)cc1. The molecule has 1 aliphatic rings. The molecule has 29 heavy (non-hydrogen) atoms. The van der Waals surface area contributed by atoms with Crippen molar-refractivity contribution in [2.45, 2.75) is 6.92 Å².